The van der Waals surface area contributed by atoms with Crippen molar-refractivity contribution in [3.8, 4) is 0 Å². The summed E-state index contributed by atoms with van der Waals surface area (Å²) in [7, 11) is 0. The van der Waals surface area contributed by atoms with Gasteiger partial charge in [-0.15, -0.1) is 0 Å². The molecule has 0 amide bonds. The van der Waals surface area contributed by atoms with E-state index in [4.69, 9.17) is 0 Å². The molecule has 1 aliphatic rings. The Morgan fingerprint density at radius 2 is 0.600 bits per heavy atom. The molecule has 10 nitrogen and oxygen atoms in total. The monoisotopic (exact) mass is 641 g/mol. The van der Waals surface area contributed by atoms with Crippen LogP contribution in [-0.4, -0.2) is 131 Å². The van der Waals surface area contributed by atoms with Gasteiger partial charge in [0.05, 0.1) is 19.6 Å². The number of carbonyl (C=O) groups is 3. The van der Waals surface area contributed by atoms with E-state index in [1.165, 1.54) is 116 Å². The maximum atomic E-state index is 11.5. The third-order valence-corrected chi connectivity index (χ3v) is 9.08. The van der Waals surface area contributed by atoms with Gasteiger partial charge in [-0.2, -0.15) is 0 Å². The Morgan fingerprint density at radius 3 is 0.844 bits per heavy atom. The van der Waals surface area contributed by atoms with Gasteiger partial charge in [0.15, 0.2) is 0 Å². The molecular weight excluding hydrogens is 572 g/mol. The van der Waals surface area contributed by atoms with E-state index in [0.29, 0.717) is 52.4 Å². The summed E-state index contributed by atoms with van der Waals surface area (Å²) in [6.45, 7) is 7.31. The molecule has 0 radical (unpaired) electrons. The molecular formula is C35H68N4O6. The largest absolute Gasteiger partial charge is 0.480 e. The van der Waals surface area contributed by atoms with Crippen molar-refractivity contribution in [2.75, 3.05) is 78.5 Å². The lowest BCUT2D eigenvalue weighted by Crippen LogP contribution is -2.48. The van der Waals surface area contributed by atoms with Crippen molar-refractivity contribution in [3.63, 3.8) is 0 Å². The summed E-state index contributed by atoms with van der Waals surface area (Å²) in [6, 6.07) is 0. The Hall–Kier alpha value is -1.75. The SMILES string of the molecule is CCCCCCCCCCCCCCCCCCCCCN1CCN(CC(=O)O)CCN(CC(=O)O)CCN(CC(=O)O)CC1. The van der Waals surface area contributed by atoms with E-state index < -0.39 is 17.9 Å². The molecule has 0 atom stereocenters. The number of carboxylic acids is 3. The lowest BCUT2D eigenvalue weighted by atomic mass is 10.0. The fourth-order valence-electron chi connectivity index (χ4n) is 6.26. The molecule has 1 saturated heterocycles. The molecule has 3 N–H and O–H groups in total. The second-order valence-corrected chi connectivity index (χ2v) is 13.2. The minimum atomic E-state index is -0.942. The van der Waals surface area contributed by atoms with Gasteiger partial charge >= 0.3 is 17.9 Å². The van der Waals surface area contributed by atoms with Crippen molar-refractivity contribution in [1.29, 1.82) is 0 Å². The van der Waals surface area contributed by atoms with Gasteiger partial charge < -0.3 is 20.2 Å². The average Bonchev–Trinajstić information content (AvgIpc) is 2.98. The van der Waals surface area contributed by atoms with Gasteiger partial charge in [0.25, 0.3) is 0 Å². The average molecular weight is 641 g/mol. The molecule has 0 saturated carbocycles. The van der Waals surface area contributed by atoms with Crippen LogP contribution in [0.1, 0.15) is 129 Å². The van der Waals surface area contributed by atoms with E-state index >= 15 is 0 Å². The minimum Gasteiger partial charge on any atom is -0.480 e. The first-order chi connectivity index (χ1) is 21.8. The molecule has 10 heteroatoms. The molecule has 0 unspecified atom stereocenters. The fourth-order valence-corrected chi connectivity index (χ4v) is 6.26. The van der Waals surface area contributed by atoms with Gasteiger partial charge in [0.1, 0.15) is 0 Å². The van der Waals surface area contributed by atoms with Crippen molar-refractivity contribution >= 4 is 17.9 Å². The van der Waals surface area contributed by atoms with Crippen LogP contribution < -0.4 is 0 Å². The highest BCUT2D eigenvalue weighted by Crippen LogP contribution is 2.15. The van der Waals surface area contributed by atoms with Crippen LogP contribution in [0.2, 0.25) is 0 Å². The first-order valence-electron chi connectivity index (χ1n) is 18.3. The molecule has 0 aromatic rings. The van der Waals surface area contributed by atoms with Crippen molar-refractivity contribution in [2.45, 2.75) is 129 Å². The number of unbranched alkanes of at least 4 members (excludes halogenated alkanes) is 18. The van der Waals surface area contributed by atoms with E-state index in [1.807, 2.05) is 9.80 Å². The van der Waals surface area contributed by atoms with Gasteiger partial charge in [-0.05, 0) is 13.0 Å². The summed E-state index contributed by atoms with van der Waals surface area (Å²) in [5.74, 6) is -2.71. The summed E-state index contributed by atoms with van der Waals surface area (Å²) in [4.78, 5) is 42.2. The van der Waals surface area contributed by atoms with Crippen molar-refractivity contribution in [3.05, 3.63) is 0 Å². The summed E-state index contributed by atoms with van der Waals surface area (Å²) < 4.78 is 0. The Morgan fingerprint density at radius 1 is 0.378 bits per heavy atom. The number of carboxylic acid groups (broad SMARTS) is 3. The summed E-state index contributed by atoms with van der Waals surface area (Å²) in [5.41, 5.74) is 0. The number of rotatable bonds is 26. The standard InChI is InChI=1S/C35H68N4O6/c1-2-3-4-5-6-7-8-9-10-11-12-13-14-15-16-17-18-19-20-21-36-22-24-37(30-33(40)41)26-28-39(32-35(44)45)29-27-38(25-23-36)31-34(42)43/h2-32H2,1H3,(H,40,41)(H,42,43)(H,44,45). The molecule has 1 aliphatic heterocycles. The third kappa shape index (κ3) is 26.1. The van der Waals surface area contributed by atoms with Crippen LogP contribution >= 0.6 is 0 Å². The quantitative estimate of drug-likeness (QED) is 0.0986. The molecule has 45 heavy (non-hydrogen) atoms. The highest BCUT2D eigenvalue weighted by Gasteiger charge is 2.20. The molecule has 0 bridgehead atoms. The minimum absolute atomic E-state index is 0.0703. The van der Waals surface area contributed by atoms with E-state index in [0.717, 1.165) is 13.0 Å². The summed E-state index contributed by atoms with van der Waals surface area (Å²) in [5, 5.41) is 28.1. The lowest BCUT2D eigenvalue weighted by Gasteiger charge is -2.33. The molecule has 264 valence electrons. The first kappa shape index (κ1) is 41.3. The molecule has 1 rings (SSSR count). The van der Waals surface area contributed by atoms with E-state index in [2.05, 4.69) is 11.8 Å². The normalized spacial score (nSPS) is 16.7. The molecule has 0 aromatic carbocycles. The first-order valence-corrected chi connectivity index (χ1v) is 18.3. The van der Waals surface area contributed by atoms with Crippen LogP contribution in [0.25, 0.3) is 0 Å². The molecule has 0 aromatic heterocycles. The van der Waals surface area contributed by atoms with Gasteiger partial charge in [0, 0.05) is 52.4 Å². The topological polar surface area (TPSA) is 125 Å². The molecule has 1 fully saturated rings. The zero-order chi connectivity index (χ0) is 33.0. The van der Waals surface area contributed by atoms with Crippen molar-refractivity contribution in [1.82, 2.24) is 19.6 Å². The highest BCUT2D eigenvalue weighted by atomic mass is 16.4. The zero-order valence-corrected chi connectivity index (χ0v) is 28.8. The zero-order valence-electron chi connectivity index (χ0n) is 28.8. The van der Waals surface area contributed by atoms with Gasteiger partial charge in [-0.25, -0.2) is 0 Å². The maximum absolute atomic E-state index is 11.5. The maximum Gasteiger partial charge on any atom is 0.317 e. The number of hydrogen-bond donors (Lipinski definition) is 3. The van der Waals surface area contributed by atoms with Gasteiger partial charge in [0.2, 0.25) is 0 Å². The highest BCUT2D eigenvalue weighted by molar-refractivity contribution is 5.69. The Balaban J connectivity index is 2.27. The predicted octanol–water partition coefficient (Wildman–Crippen LogP) is 5.89. The van der Waals surface area contributed by atoms with Crippen LogP contribution in [0.5, 0.6) is 0 Å². The van der Waals surface area contributed by atoms with Crippen LogP contribution in [0.3, 0.4) is 0 Å². The van der Waals surface area contributed by atoms with E-state index in [9.17, 15) is 29.7 Å². The Bertz CT molecular complexity index is 724. The third-order valence-electron chi connectivity index (χ3n) is 9.08. The van der Waals surface area contributed by atoms with Gasteiger partial charge in [-0.1, -0.05) is 122 Å². The van der Waals surface area contributed by atoms with E-state index in [1.54, 1.807) is 4.90 Å². The lowest BCUT2D eigenvalue weighted by molar-refractivity contribution is -0.140. The number of hydrogen-bond acceptors (Lipinski definition) is 7. The van der Waals surface area contributed by atoms with Crippen LogP contribution in [-0.2, 0) is 14.4 Å². The second-order valence-electron chi connectivity index (χ2n) is 13.2. The predicted molar refractivity (Wildman–Crippen MR) is 182 cm³/mol. The fraction of sp³-hybridized carbons (Fsp3) is 0.914. The van der Waals surface area contributed by atoms with Crippen LogP contribution in [0.15, 0.2) is 0 Å². The molecule has 0 spiro atoms. The van der Waals surface area contributed by atoms with Crippen LogP contribution in [0.4, 0.5) is 0 Å². The van der Waals surface area contributed by atoms with Gasteiger partial charge in [-0.3, -0.25) is 29.1 Å². The molecule has 1 heterocycles. The summed E-state index contributed by atoms with van der Waals surface area (Å²) in [6.07, 6.45) is 25.6. The number of nitrogens with zero attached hydrogens (tertiary/aromatic N) is 4. The number of aliphatic carboxylic acids is 3. The second kappa shape index (κ2) is 28.5. The smallest absolute Gasteiger partial charge is 0.317 e. The Kier molecular flexibility index (Phi) is 26.1. The van der Waals surface area contributed by atoms with E-state index in [-0.39, 0.29) is 19.6 Å². The van der Waals surface area contributed by atoms with Crippen LogP contribution in [0, 0.1) is 0 Å². The van der Waals surface area contributed by atoms with Crippen molar-refractivity contribution in [2.24, 2.45) is 0 Å². The molecule has 0 aliphatic carbocycles. The summed E-state index contributed by atoms with van der Waals surface area (Å²) >= 11 is 0. The van der Waals surface area contributed by atoms with Crippen molar-refractivity contribution < 1.29 is 29.7 Å². The Labute approximate surface area is 274 Å².